The Labute approximate surface area is 94.1 Å². The van der Waals surface area contributed by atoms with Crippen LogP contribution in [0, 0.1) is 0 Å². The van der Waals surface area contributed by atoms with Crippen molar-refractivity contribution in [2.24, 2.45) is 0 Å². The lowest BCUT2D eigenvalue weighted by Crippen LogP contribution is -2.19. The molecule has 0 spiro atoms. The molecule has 0 aliphatic carbocycles. The van der Waals surface area contributed by atoms with Gasteiger partial charge in [0, 0.05) is 5.56 Å². The van der Waals surface area contributed by atoms with E-state index in [2.05, 4.69) is 0 Å². The first kappa shape index (κ1) is 10.8. The van der Waals surface area contributed by atoms with Gasteiger partial charge in [0.05, 0.1) is 13.0 Å². The first-order valence-corrected chi connectivity index (χ1v) is 5.20. The number of ether oxygens (including phenoxy) is 3. The Morgan fingerprint density at radius 2 is 2.12 bits per heavy atom. The van der Waals surface area contributed by atoms with Gasteiger partial charge in [0.1, 0.15) is 13.2 Å². The van der Waals surface area contributed by atoms with Crippen molar-refractivity contribution in [3.05, 3.63) is 23.8 Å². The van der Waals surface area contributed by atoms with Gasteiger partial charge in [-0.15, -0.1) is 0 Å². The molecule has 1 heterocycles. The van der Waals surface area contributed by atoms with Crippen LogP contribution in [0.1, 0.15) is 18.4 Å². The zero-order valence-corrected chi connectivity index (χ0v) is 9.36. The monoisotopic (exact) mass is 222 g/mol. The lowest BCUT2D eigenvalue weighted by Gasteiger charge is -2.22. The second-order valence-electron chi connectivity index (χ2n) is 3.62. The van der Waals surface area contributed by atoms with E-state index < -0.39 is 0 Å². The fraction of sp³-hybridized carbons (Fsp3) is 0.417. The molecule has 4 heteroatoms. The molecule has 1 aromatic carbocycles. The summed E-state index contributed by atoms with van der Waals surface area (Å²) in [5.74, 6) is 0.732. The summed E-state index contributed by atoms with van der Waals surface area (Å²) < 4.78 is 15.7. The summed E-state index contributed by atoms with van der Waals surface area (Å²) >= 11 is 0. The third kappa shape index (κ3) is 1.83. The van der Waals surface area contributed by atoms with E-state index in [9.17, 15) is 4.79 Å². The number of benzene rings is 1. The number of carbonyl (C=O) groups is 1. The minimum absolute atomic E-state index is 0.275. The molecule has 1 atom stereocenters. The van der Waals surface area contributed by atoms with Crippen molar-refractivity contribution in [3.8, 4) is 11.5 Å². The number of carbonyl (C=O) groups excluding carboxylic acids is 1. The maximum absolute atomic E-state index is 11.5. The zero-order chi connectivity index (χ0) is 11.5. The first-order chi connectivity index (χ1) is 7.74. The van der Waals surface area contributed by atoms with Crippen LogP contribution in [0.25, 0.3) is 0 Å². The maximum Gasteiger partial charge on any atom is 0.312 e. The van der Waals surface area contributed by atoms with Gasteiger partial charge in [0.25, 0.3) is 0 Å². The summed E-state index contributed by atoms with van der Waals surface area (Å²) in [5.41, 5.74) is 0.809. The highest BCUT2D eigenvalue weighted by molar-refractivity contribution is 5.79. The summed E-state index contributed by atoms with van der Waals surface area (Å²) in [4.78, 5) is 11.5. The molecule has 0 saturated heterocycles. The van der Waals surface area contributed by atoms with Gasteiger partial charge in [-0.1, -0.05) is 12.1 Å². The van der Waals surface area contributed by atoms with E-state index in [0.29, 0.717) is 24.7 Å². The molecule has 1 aliphatic rings. The summed E-state index contributed by atoms with van der Waals surface area (Å²) in [5, 5.41) is 0. The third-order valence-corrected chi connectivity index (χ3v) is 2.62. The number of rotatable bonds is 2. The molecule has 0 N–H and O–H groups in total. The molecule has 2 rings (SSSR count). The molecule has 0 radical (unpaired) electrons. The van der Waals surface area contributed by atoms with E-state index in [0.717, 1.165) is 5.56 Å². The van der Waals surface area contributed by atoms with Gasteiger partial charge in [-0.2, -0.15) is 0 Å². The number of hydrogen-bond acceptors (Lipinski definition) is 4. The van der Waals surface area contributed by atoms with Gasteiger partial charge in [-0.3, -0.25) is 4.79 Å². The van der Waals surface area contributed by atoms with Crippen LogP contribution in [0.4, 0.5) is 0 Å². The fourth-order valence-corrected chi connectivity index (χ4v) is 1.74. The SMILES string of the molecule is COC(=O)C(C)c1cccc2c1OCCO2. The molecule has 1 aromatic rings. The molecular weight excluding hydrogens is 208 g/mol. The molecular formula is C12H14O4. The Bertz CT molecular complexity index is 400. The number of esters is 1. The lowest BCUT2D eigenvalue weighted by molar-refractivity contribution is -0.142. The van der Waals surface area contributed by atoms with Gasteiger partial charge >= 0.3 is 5.97 Å². The zero-order valence-electron chi connectivity index (χ0n) is 9.36. The van der Waals surface area contributed by atoms with Crippen LogP contribution in [0.3, 0.4) is 0 Å². The molecule has 0 saturated carbocycles. The molecule has 1 aliphatic heterocycles. The number of hydrogen-bond donors (Lipinski definition) is 0. The smallest absolute Gasteiger partial charge is 0.312 e. The summed E-state index contributed by atoms with van der Waals surface area (Å²) in [7, 11) is 1.38. The van der Waals surface area contributed by atoms with E-state index in [-0.39, 0.29) is 11.9 Å². The molecule has 16 heavy (non-hydrogen) atoms. The van der Waals surface area contributed by atoms with Gasteiger partial charge < -0.3 is 14.2 Å². The highest BCUT2D eigenvalue weighted by Crippen LogP contribution is 2.37. The second-order valence-corrected chi connectivity index (χ2v) is 3.62. The summed E-state index contributed by atoms with van der Waals surface area (Å²) in [6, 6.07) is 5.54. The Hall–Kier alpha value is -1.71. The van der Waals surface area contributed by atoms with Crippen molar-refractivity contribution in [3.63, 3.8) is 0 Å². The predicted octanol–water partition coefficient (Wildman–Crippen LogP) is 1.73. The van der Waals surface area contributed by atoms with Crippen LogP contribution in [-0.4, -0.2) is 26.3 Å². The van der Waals surface area contributed by atoms with Crippen molar-refractivity contribution < 1.29 is 19.0 Å². The van der Waals surface area contributed by atoms with Crippen LogP contribution < -0.4 is 9.47 Å². The quantitative estimate of drug-likeness (QED) is 0.715. The van der Waals surface area contributed by atoms with Crippen LogP contribution in [-0.2, 0) is 9.53 Å². The Morgan fingerprint density at radius 1 is 1.38 bits per heavy atom. The van der Waals surface area contributed by atoms with E-state index in [1.54, 1.807) is 6.92 Å². The standard InChI is InChI=1S/C12H14O4/c1-8(12(13)14-2)9-4-3-5-10-11(9)16-7-6-15-10/h3-5,8H,6-7H2,1-2H3. The Morgan fingerprint density at radius 3 is 2.88 bits per heavy atom. The van der Waals surface area contributed by atoms with Crippen LogP contribution in [0.15, 0.2) is 18.2 Å². The minimum Gasteiger partial charge on any atom is -0.486 e. The largest absolute Gasteiger partial charge is 0.486 e. The minimum atomic E-state index is -0.346. The maximum atomic E-state index is 11.5. The lowest BCUT2D eigenvalue weighted by atomic mass is 9.99. The van der Waals surface area contributed by atoms with Crippen molar-refractivity contribution in [1.29, 1.82) is 0 Å². The predicted molar refractivity (Wildman–Crippen MR) is 57.9 cm³/mol. The van der Waals surface area contributed by atoms with Crippen LogP contribution >= 0.6 is 0 Å². The fourth-order valence-electron chi connectivity index (χ4n) is 1.74. The number of fused-ring (bicyclic) bond motifs is 1. The van der Waals surface area contributed by atoms with Gasteiger partial charge in [-0.25, -0.2) is 0 Å². The number of methoxy groups -OCH3 is 1. The van der Waals surface area contributed by atoms with E-state index in [1.165, 1.54) is 7.11 Å². The Balaban J connectivity index is 2.37. The Kier molecular flexibility index (Phi) is 2.99. The molecule has 4 nitrogen and oxygen atoms in total. The van der Waals surface area contributed by atoms with Gasteiger partial charge in [0.15, 0.2) is 11.5 Å². The van der Waals surface area contributed by atoms with Gasteiger partial charge in [-0.05, 0) is 13.0 Å². The first-order valence-electron chi connectivity index (χ1n) is 5.20. The average Bonchev–Trinajstić information content (AvgIpc) is 2.36. The molecule has 0 amide bonds. The molecule has 0 aromatic heterocycles. The molecule has 86 valence electrons. The highest BCUT2D eigenvalue weighted by Gasteiger charge is 2.24. The van der Waals surface area contributed by atoms with Crippen LogP contribution in [0.5, 0.6) is 11.5 Å². The third-order valence-electron chi connectivity index (χ3n) is 2.62. The van der Waals surface area contributed by atoms with Crippen molar-refractivity contribution in [2.45, 2.75) is 12.8 Å². The summed E-state index contributed by atoms with van der Waals surface area (Å²) in [6.07, 6.45) is 0. The summed E-state index contributed by atoms with van der Waals surface area (Å²) in [6.45, 7) is 2.85. The van der Waals surface area contributed by atoms with Gasteiger partial charge in [0.2, 0.25) is 0 Å². The normalized spacial score (nSPS) is 15.4. The molecule has 1 unspecified atom stereocenters. The van der Waals surface area contributed by atoms with E-state index in [1.807, 2.05) is 18.2 Å². The van der Waals surface area contributed by atoms with Crippen molar-refractivity contribution in [2.75, 3.05) is 20.3 Å². The van der Waals surface area contributed by atoms with Crippen LogP contribution in [0.2, 0.25) is 0 Å². The molecule has 0 fully saturated rings. The highest BCUT2D eigenvalue weighted by atomic mass is 16.6. The van der Waals surface area contributed by atoms with Crippen molar-refractivity contribution in [1.82, 2.24) is 0 Å². The van der Waals surface area contributed by atoms with E-state index >= 15 is 0 Å². The van der Waals surface area contributed by atoms with E-state index in [4.69, 9.17) is 14.2 Å². The topological polar surface area (TPSA) is 44.8 Å². The average molecular weight is 222 g/mol. The van der Waals surface area contributed by atoms with Crippen molar-refractivity contribution >= 4 is 5.97 Å². The molecule has 0 bridgehead atoms. The second kappa shape index (κ2) is 4.43. The number of para-hydroxylation sites is 1.